The molecule has 33 heavy (non-hydrogen) atoms. The standard InChI is InChI=1S/C25H27F2NO5/c1-28(15-17-6-10-21(11-7-17)33-25(26)27)23(30)16-32-24(31)13-12-22(29)20-9-8-18-4-2-3-5-19(18)14-20/h6-11,14,25H,2-5,12-13,15-16H2,1H3. The third kappa shape index (κ3) is 7.37. The second-order valence-electron chi connectivity index (χ2n) is 8.05. The lowest BCUT2D eigenvalue weighted by Crippen LogP contribution is -2.30. The van der Waals surface area contributed by atoms with Gasteiger partial charge in [0.25, 0.3) is 5.91 Å². The number of rotatable bonds is 10. The maximum atomic E-state index is 12.4. The predicted octanol–water partition coefficient (Wildman–Crippen LogP) is 4.33. The molecule has 0 aromatic heterocycles. The number of hydrogen-bond donors (Lipinski definition) is 0. The Balaban J connectivity index is 1.39. The van der Waals surface area contributed by atoms with Crippen LogP contribution in [0.4, 0.5) is 8.78 Å². The molecule has 0 unspecified atom stereocenters. The number of esters is 1. The summed E-state index contributed by atoms with van der Waals surface area (Å²) in [4.78, 5) is 38.0. The smallest absolute Gasteiger partial charge is 0.387 e. The summed E-state index contributed by atoms with van der Waals surface area (Å²) in [6.07, 6.45) is 4.23. The lowest BCUT2D eigenvalue weighted by Gasteiger charge is -2.17. The van der Waals surface area contributed by atoms with E-state index in [0.29, 0.717) is 11.1 Å². The fourth-order valence-corrected chi connectivity index (χ4v) is 3.73. The van der Waals surface area contributed by atoms with Gasteiger partial charge in [0, 0.05) is 25.6 Å². The molecule has 0 heterocycles. The average Bonchev–Trinajstić information content (AvgIpc) is 2.81. The highest BCUT2D eigenvalue weighted by molar-refractivity contribution is 5.97. The quantitative estimate of drug-likeness (QED) is 0.391. The number of hydrogen-bond acceptors (Lipinski definition) is 5. The average molecular weight is 459 g/mol. The van der Waals surface area contributed by atoms with E-state index in [9.17, 15) is 23.2 Å². The van der Waals surface area contributed by atoms with Crippen LogP contribution < -0.4 is 4.74 Å². The van der Waals surface area contributed by atoms with Crippen LogP contribution in [0.1, 0.15) is 52.7 Å². The molecule has 0 saturated carbocycles. The Morgan fingerprint density at radius 1 is 0.970 bits per heavy atom. The van der Waals surface area contributed by atoms with Crippen molar-refractivity contribution in [3.05, 3.63) is 64.7 Å². The van der Waals surface area contributed by atoms with Gasteiger partial charge in [-0.25, -0.2) is 0 Å². The van der Waals surface area contributed by atoms with Crippen molar-refractivity contribution in [2.75, 3.05) is 13.7 Å². The number of amides is 1. The molecular weight excluding hydrogens is 432 g/mol. The minimum Gasteiger partial charge on any atom is -0.456 e. The summed E-state index contributed by atoms with van der Waals surface area (Å²) in [5.74, 6) is -1.13. The van der Waals surface area contributed by atoms with Crippen molar-refractivity contribution in [1.29, 1.82) is 0 Å². The molecule has 0 spiro atoms. The van der Waals surface area contributed by atoms with E-state index in [1.807, 2.05) is 18.2 Å². The fourth-order valence-electron chi connectivity index (χ4n) is 3.73. The zero-order valence-electron chi connectivity index (χ0n) is 18.5. The molecule has 0 bridgehead atoms. The van der Waals surface area contributed by atoms with E-state index < -0.39 is 25.1 Å². The van der Waals surface area contributed by atoms with E-state index in [1.54, 1.807) is 19.2 Å². The Bertz CT molecular complexity index is 991. The molecular formula is C25H27F2NO5. The maximum Gasteiger partial charge on any atom is 0.387 e. The second kappa shape index (κ2) is 11.5. The van der Waals surface area contributed by atoms with Crippen LogP contribution in [0, 0.1) is 0 Å². The molecule has 176 valence electrons. The van der Waals surface area contributed by atoms with Crippen LogP contribution in [0.15, 0.2) is 42.5 Å². The molecule has 0 fully saturated rings. The molecule has 1 aliphatic rings. The van der Waals surface area contributed by atoms with Gasteiger partial charge in [0.1, 0.15) is 5.75 Å². The number of aryl methyl sites for hydroxylation is 2. The Morgan fingerprint density at radius 2 is 1.67 bits per heavy atom. The van der Waals surface area contributed by atoms with Crippen molar-refractivity contribution < 1.29 is 32.6 Å². The van der Waals surface area contributed by atoms with Crippen LogP contribution >= 0.6 is 0 Å². The van der Waals surface area contributed by atoms with E-state index in [2.05, 4.69) is 4.74 Å². The molecule has 3 rings (SSSR count). The summed E-state index contributed by atoms with van der Waals surface area (Å²) in [5, 5.41) is 0. The number of alkyl halides is 2. The van der Waals surface area contributed by atoms with E-state index >= 15 is 0 Å². The Hall–Kier alpha value is -3.29. The van der Waals surface area contributed by atoms with Gasteiger partial charge < -0.3 is 14.4 Å². The first-order valence-corrected chi connectivity index (χ1v) is 10.9. The van der Waals surface area contributed by atoms with E-state index in [4.69, 9.17) is 4.74 Å². The first-order valence-electron chi connectivity index (χ1n) is 10.9. The maximum absolute atomic E-state index is 12.4. The summed E-state index contributed by atoms with van der Waals surface area (Å²) >= 11 is 0. The SMILES string of the molecule is CN(Cc1ccc(OC(F)F)cc1)C(=O)COC(=O)CCC(=O)c1ccc2c(c1)CCCC2. The molecule has 2 aromatic rings. The van der Waals surface area contributed by atoms with Crippen molar-refractivity contribution in [2.24, 2.45) is 0 Å². The van der Waals surface area contributed by atoms with Crippen LogP contribution in [0.2, 0.25) is 0 Å². The number of carbonyl (C=O) groups is 3. The Morgan fingerprint density at radius 3 is 2.36 bits per heavy atom. The van der Waals surface area contributed by atoms with Crippen molar-refractivity contribution in [3.63, 3.8) is 0 Å². The lowest BCUT2D eigenvalue weighted by molar-refractivity contribution is -0.151. The number of benzene rings is 2. The van der Waals surface area contributed by atoms with Crippen LogP contribution in [0.3, 0.4) is 0 Å². The van der Waals surface area contributed by atoms with Crippen molar-refractivity contribution in [2.45, 2.75) is 51.7 Å². The summed E-state index contributed by atoms with van der Waals surface area (Å²) in [6.45, 7) is -3.13. The highest BCUT2D eigenvalue weighted by Gasteiger charge is 2.16. The van der Waals surface area contributed by atoms with Crippen molar-refractivity contribution in [3.8, 4) is 5.75 Å². The van der Waals surface area contributed by atoms with Gasteiger partial charge in [-0.15, -0.1) is 0 Å². The number of ketones is 1. The molecule has 0 N–H and O–H groups in total. The van der Waals surface area contributed by atoms with Gasteiger partial charge in [0.2, 0.25) is 0 Å². The third-order valence-corrected chi connectivity index (χ3v) is 5.58. The number of Topliss-reactive ketones (excluding diaryl/α,β-unsaturated/α-hetero) is 1. The molecule has 2 aromatic carbocycles. The third-order valence-electron chi connectivity index (χ3n) is 5.58. The molecule has 0 atom stereocenters. The summed E-state index contributed by atoms with van der Waals surface area (Å²) in [5.41, 5.74) is 3.80. The number of nitrogens with zero attached hydrogens (tertiary/aromatic N) is 1. The van der Waals surface area contributed by atoms with Crippen molar-refractivity contribution in [1.82, 2.24) is 4.90 Å². The topological polar surface area (TPSA) is 72.9 Å². The Labute approximate surface area is 191 Å². The predicted molar refractivity (Wildman–Crippen MR) is 117 cm³/mol. The van der Waals surface area contributed by atoms with Gasteiger partial charge in [-0.1, -0.05) is 24.3 Å². The summed E-state index contributed by atoms with van der Waals surface area (Å²) in [6, 6.07) is 11.6. The first-order chi connectivity index (χ1) is 15.8. The highest BCUT2D eigenvalue weighted by atomic mass is 19.3. The molecule has 6 nitrogen and oxygen atoms in total. The van der Waals surface area contributed by atoms with Gasteiger partial charge in [-0.05, 0) is 60.6 Å². The largest absolute Gasteiger partial charge is 0.456 e. The minimum atomic E-state index is -2.90. The normalized spacial score (nSPS) is 12.7. The van der Waals surface area contributed by atoms with Crippen LogP contribution in [0.25, 0.3) is 0 Å². The highest BCUT2D eigenvalue weighted by Crippen LogP contribution is 2.23. The second-order valence-corrected chi connectivity index (χ2v) is 8.05. The minimum absolute atomic E-state index is 0.0225. The summed E-state index contributed by atoms with van der Waals surface area (Å²) in [7, 11) is 1.54. The molecule has 0 aliphatic heterocycles. The number of ether oxygens (including phenoxy) is 2. The monoisotopic (exact) mass is 459 g/mol. The molecule has 0 saturated heterocycles. The number of fused-ring (bicyclic) bond motifs is 1. The number of likely N-dealkylation sites (N-methyl/N-ethyl adjacent to an activating group) is 1. The number of halogens is 2. The Kier molecular flexibility index (Phi) is 8.52. The fraction of sp³-hybridized carbons (Fsp3) is 0.400. The molecule has 0 radical (unpaired) electrons. The first kappa shape index (κ1) is 24.4. The summed E-state index contributed by atoms with van der Waals surface area (Å²) < 4.78 is 33.7. The van der Waals surface area contributed by atoms with Gasteiger partial charge in [0.15, 0.2) is 12.4 Å². The van der Waals surface area contributed by atoms with Gasteiger partial charge in [-0.3, -0.25) is 14.4 Å². The van der Waals surface area contributed by atoms with Gasteiger partial charge in [-0.2, -0.15) is 8.78 Å². The molecule has 8 heteroatoms. The lowest BCUT2D eigenvalue weighted by atomic mass is 9.89. The van der Waals surface area contributed by atoms with E-state index in [-0.39, 0.29) is 30.9 Å². The van der Waals surface area contributed by atoms with Crippen LogP contribution in [-0.2, 0) is 33.7 Å². The zero-order valence-corrected chi connectivity index (χ0v) is 18.5. The van der Waals surface area contributed by atoms with E-state index in [0.717, 1.165) is 19.3 Å². The molecule has 1 amide bonds. The van der Waals surface area contributed by atoms with Crippen LogP contribution in [0.5, 0.6) is 5.75 Å². The molecule has 1 aliphatic carbocycles. The van der Waals surface area contributed by atoms with E-state index in [1.165, 1.54) is 34.6 Å². The zero-order chi connectivity index (χ0) is 23.8. The van der Waals surface area contributed by atoms with Crippen molar-refractivity contribution >= 4 is 17.7 Å². The van der Waals surface area contributed by atoms with Gasteiger partial charge in [0.05, 0.1) is 6.42 Å². The van der Waals surface area contributed by atoms with Crippen LogP contribution in [-0.4, -0.2) is 42.8 Å². The van der Waals surface area contributed by atoms with Gasteiger partial charge >= 0.3 is 12.6 Å². The number of carbonyl (C=O) groups excluding carboxylic acids is 3.